The minimum absolute atomic E-state index is 0.507. The Hall–Kier alpha value is -2.34. The van der Waals surface area contributed by atoms with Crippen LogP contribution < -0.4 is 0 Å². The molecule has 2 aliphatic rings. The molecule has 2 aliphatic carbocycles. The predicted octanol–water partition coefficient (Wildman–Crippen LogP) is 8.20. The van der Waals surface area contributed by atoms with Crippen molar-refractivity contribution in [1.82, 2.24) is 0 Å². The molecule has 3 aromatic rings. The summed E-state index contributed by atoms with van der Waals surface area (Å²) in [4.78, 5) is 0. The molecule has 1 saturated carbocycles. The van der Waals surface area contributed by atoms with Gasteiger partial charge in [0, 0.05) is 0 Å². The molecule has 28 heavy (non-hydrogen) atoms. The molecule has 0 amide bonds. The smallest absolute Gasteiger partial charge is 0.00574 e. The number of rotatable bonds is 3. The molecule has 0 atom stereocenters. The van der Waals surface area contributed by atoms with Crippen LogP contribution >= 0.6 is 0 Å². The molecule has 3 aromatic carbocycles. The van der Waals surface area contributed by atoms with E-state index in [1.165, 1.54) is 78.0 Å². The Balaban J connectivity index is 1.48. The zero-order chi connectivity index (χ0) is 19.0. The van der Waals surface area contributed by atoms with Crippen LogP contribution in [0.1, 0.15) is 63.0 Å². The molecule has 0 unspecified atom stereocenters. The summed E-state index contributed by atoms with van der Waals surface area (Å²) in [7, 11) is 0. The van der Waals surface area contributed by atoms with Gasteiger partial charge in [-0.2, -0.15) is 0 Å². The highest BCUT2D eigenvalue weighted by Crippen LogP contribution is 2.44. The number of allylic oxidation sites excluding steroid dienone is 1. The van der Waals surface area contributed by atoms with Crippen LogP contribution in [0.4, 0.5) is 0 Å². The van der Waals surface area contributed by atoms with Gasteiger partial charge < -0.3 is 0 Å². The van der Waals surface area contributed by atoms with Crippen LogP contribution in [0.15, 0.2) is 66.2 Å². The number of benzene rings is 3. The van der Waals surface area contributed by atoms with E-state index in [0.717, 1.165) is 6.42 Å². The van der Waals surface area contributed by atoms with E-state index < -0.39 is 0 Å². The molecule has 0 heterocycles. The average Bonchev–Trinajstić information content (AvgIpc) is 2.99. The highest BCUT2D eigenvalue weighted by Gasteiger charge is 2.28. The zero-order valence-electron chi connectivity index (χ0n) is 17.0. The Morgan fingerprint density at radius 3 is 2.39 bits per heavy atom. The van der Waals surface area contributed by atoms with Crippen LogP contribution in [0, 0.1) is 5.41 Å². The fraction of sp³-hybridized carbons (Fsp3) is 0.357. The Morgan fingerprint density at radius 1 is 0.786 bits per heavy atom. The second kappa shape index (κ2) is 7.24. The molecule has 5 rings (SSSR count). The van der Waals surface area contributed by atoms with Gasteiger partial charge in [0.1, 0.15) is 0 Å². The predicted molar refractivity (Wildman–Crippen MR) is 121 cm³/mol. The van der Waals surface area contributed by atoms with Crippen molar-refractivity contribution in [2.75, 3.05) is 0 Å². The van der Waals surface area contributed by atoms with Gasteiger partial charge in [-0.25, -0.2) is 0 Å². The summed E-state index contributed by atoms with van der Waals surface area (Å²) >= 11 is 0. The first-order valence-electron chi connectivity index (χ1n) is 11.0. The van der Waals surface area contributed by atoms with Crippen LogP contribution in [-0.4, -0.2) is 0 Å². The summed E-state index contributed by atoms with van der Waals surface area (Å²) in [5.41, 5.74) is 7.86. The maximum Gasteiger partial charge on any atom is -0.00574 e. The van der Waals surface area contributed by atoms with Gasteiger partial charge in [0.15, 0.2) is 0 Å². The zero-order valence-corrected chi connectivity index (χ0v) is 17.0. The van der Waals surface area contributed by atoms with E-state index in [0.29, 0.717) is 5.41 Å². The summed E-state index contributed by atoms with van der Waals surface area (Å²) in [6.45, 7) is 2.53. The quantitative estimate of drug-likeness (QED) is 0.410. The van der Waals surface area contributed by atoms with Gasteiger partial charge in [0.2, 0.25) is 0 Å². The molecule has 1 fully saturated rings. The Bertz CT molecular complexity index is 1030. The lowest BCUT2D eigenvalue weighted by Crippen LogP contribution is -2.16. The lowest BCUT2D eigenvalue weighted by atomic mass is 9.77. The topological polar surface area (TPSA) is 0 Å². The van der Waals surface area contributed by atoms with Gasteiger partial charge >= 0.3 is 0 Å². The van der Waals surface area contributed by atoms with Crippen molar-refractivity contribution < 1.29 is 0 Å². The normalized spacial score (nSPS) is 18.5. The lowest BCUT2D eigenvalue weighted by molar-refractivity contribution is 0.274. The van der Waals surface area contributed by atoms with Gasteiger partial charge in [-0.3, -0.25) is 0 Å². The van der Waals surface area contributed by atoms with E-state index in [1.807, 2.05) is 0 Å². The van der Waals surface area contributed by atoms with Crippen molar-refractivity contribution in [1.29, 1.82) is 0 Å². The monoisotopic (exact) mass is 366 g/mol. The van der Waals surface area contributed by atoms with Gasteiger partial charge in [0.25, 0.3) is 0 Å². The van der Waals surface area contributed by atoms with Crippen molar-refractivity contribution in [3.8, 4) is 11.1 Å². The van der Waals surface area contributed by atoms with Gasteiger partial charge in [-0.15, -0.1) is 0 Å². The van der Waals surface area contributed by atoms with E-state index in [4.69, 9.17) is 0 Å². The molecule has 0 aliphatic heterocycles. The largest absolute Gasteiger partial charge is 0.0646 e. The molecule has 0 aromatic heterocycles. The van der Waals surface area contributed by atoms with Crippen LogP contribution in [0.25, 0.3) is 28.0 Å². The maximum absolute atomic E-state index is 2.53. The molecule has 0 radical (unpaired) electrons. The van der Waals surface area contributed by atoms with Crippen molar-refractivity contribution >= 4 is 16.8 Å². The molecule has 0 nitrogen and oxygen atoms in total. The van der Waals surface area contributed by atoms with Crippen LogP contribution in [0.3, 0.4) is 0 Å². The Kier molecular flexibility index (Phi) is 4.59. The van der Waals surface area contributed by atoms with E-state index in [-0.39, 0.29) is 0 Å². The first-order valence-corrected chi connectivity index (χ1v) is 11.0. The molecule has 0 spiro atoms. The van der Waals surface area contributed by atoms with Gasteiger partial charge in [-0.05, 0) is 70.2 Å². The maximum atomic E-state index is 2.53. The van der Waals surface area contributed by atoms with Crippen molar-refractivity contribution in [2.24, 2.45) is 5.41 Å². The minimum Gasteiger partial charge on any atom is -0.0646 e. The molecule has 0 N–H and O–H groups in total. The highest BCUT2D eigenvalue weighted by molar-refractivity contribution is 5.90. The van der Waals surface area contributed by atoms with E-state index in [9.17, 15) is 0 Å². The molecule has 0 bridgehead atoms. The van der Waals surface area contributed by atoms with E-state index >= 15 is 0 Å². The third-order valence-electron chi connectivity index (χ3n) is 6.99. The molecule has 142 valence electrons. The Labute approximate surface area is 169 Å². The van der Waals surface area contributed by atoms with Crippen molar-refractivity contribution in [2.45, 2.75) is 58.3 Å². The Morgan fingerprint density at radius 2 is 1.57 bits per heavy atom. The van der Waals surface area contributed by atoms with Crippen LogP contribution in [-0.2, 0) is 6.42 Å². The van der Waals surface area contributed by atoms with Crippen LogP contribution in [0.5, 0.6) is 0 Å². The summed E-state index contributed by atoms with van der Waals surface area (Å²) in [6, 6.07) is 22.4. The van der Waals surface area contributed by atoms with Crippen molar-refractivity contribution in [3.05, 3.63) is 77.4 Å². The molecule has 0 saturated heterocycles. The lowest BCUT2D eigenvalue weighted by Gasteiger charge is -2.28. The average molecular weight is 367 g/mol. The van der Waals surface area contributed by atoms with Crippen LogP contribution in [0.2, 0.25) is 0 Å². The first-order chi connectivity index (χ1) is 13.7. The highest BCUT2D eigenvalue weighted by atomic mass is 14.3. The molecular formula is C28H30. The third-order valence-corrected chi connectivity index (χ3v) is 6.99. The standard InChI is InChI=1S/C28H30/c1-28(15-6-2-3-7-16-28)20-21-17-24-11-8-12-26(27(24)18-21)25-14-13-22-9-4-5-10-23(22)19-25/h4-5,8-14,18-19H,2-3,6-7,15-17,20H2,1H3. The summed E-state index contributed by atoms with van der Waals surface area (Å²) < 4.78 is 0. The summed E-state index contributed by atoms with van der Waals surface area (Å²) in [5.74, 6) is 0. The third kappa shape index (κ3) is 3.41. The van der Waals surface area contributed by atoms with Gasteiger partial charge in [0.05, 0.1) is 0 Å². The fourth-order valence-corrected chi connectivity index (χ4v) is 5.47. The second-order valence-corrected chi connectivity index (χ2v) is 9.32. The SMILES string of the molecule is CC1(CC2=Cc3c(cccc3-c3ccc4ccccc4c3)C2)CCCCCC1. The summed E-state index contributed by atoms with van der Waals surface area (Å²) in [6.07, 6.45) is 13.4. The fourth-order valence-electron chi connectivity index (χ4n) is 5.47. The van der Waals surface area contributed by atoms with Crippen molar-refractivity contribution in [3.63, 3.8) is 0 Å². The van der Waals surface area contributed by atoms with E-state index in [1.54, 1.807) is 5.57 Å². The molecule has 0 heteroatoms. The first kappa shape index (κ1) is 17.7. The molecular weight excluding hydrogens is 336 g/mol. The van der Waals surface area contributed by atoms with E-state index in [2.05, 4.69) is 73.7 Å². The number of hydrogen-bond donors (Lipinski definition) is 0. The number of hydrogen-bond acceptors (Lipinski definition) is 0. The second-order valence-electron chi connectivity index (χ2n) is 9.32. The number of fused-ring (bicyclic) bond motifs is 2. The minimum atomic E-state index is 0.507. The van der Waals surface area contributed by atoms with Gasteiger partial charge in [-0.1, -0.05) is 98.9 Å². The summed E-state index contributed by atoms with van der Waals surface area (Å²) in [5, 5.41) is 2.64.